The van der Waals surface area contributed by atoms with Crippen LogP contribution in [0.4, 0.5) is 11.4 Å². The molecule has 0 spiro atoms. The molecule has 6 heteroatoms. The van der Waals surface area contributed by atoms with Gasteiger partial charge in [0.25, 0.3) is 0 Å². The van der Waals surface area contributed by atoms with E-state index in [-0.39, 0.29) is 23.7 Å². The normalized spacial score (nSPS) is 17.9. The van der Waals surface area contributed by atoms with Gasteiger partial charge in [0.2, 0.25) is 11.8 Å². The Balaban J connectivity index is 1.52. The molecule has 3 rings (SSSR count). The van der Waals surface area contributed by atoms with Gasteiger partial charge in [-0.05, 0) is 61.8 Å². The summed E-state index contributed by atoms with van der Waals surface area (Å²) in [6.07, 6.45) is 2.74. The zero-order chi connectivity index (χ0) is 24.5. The van der Waals surface area contributed by atoms with E-state index in [0.29, 0.717) is 73.6 Å². The van der Waals surface area contributed by atoms with Gasteiger partial charge in [0.05, 0.1) is 24.6 Å². The van der Waals surface area contributed by atoms with Gasteiger partial charge in [0.15, 0.2) is 0 Å². The number of hydrogen-bond donors (Lipinski definition) is 2. The summed E-state index contributed by atoms with van der Waals surface area (Å²) in [5.41, 5.74) is 1.40. The first-order valence-corrected chi connectivity index (χ1v) is 12.4. The van der Waals surface area contributed by atoms with Crippen molar-refractivity contribution in [1.29, 1.82) is 0 Å². The summed E-state index contributed by atoms with van der Waals surface area (Å²) in [6.45, 7) is 9.55. The summed E-state index contributed by atoms with van der Waals surface area (Å²) in [5.74, 6) is 1.95. The number of hydrogen-bond acceptors (Lipinski definition) is 4. The number of carbonyl (C=O) groups is 2. The first-order chi connectivity index (χ1) is 16.3. The van der Waals surface area contributed by atoms with E-state index >= 15 is 0 Å². The molecule has 34 heavy (non-hydrogen) atoms. The predicted molar refractivity (Wildman–Crippen MR) is 136 cm³/mol. The predicted octanol–water partition coefficient (Wildman–Crippen LogP) is 6.14. The molecule has 1 aliphatic rings. The lowest BCUT2D eigenvalue weighted by molar-refractivity contribution is -0.125. The van der Waals surface area contributed by atoms with Crippen LogP contribution in [-0.2, 0) is 9.59 Å². The van der Waals surface area contributed by atoms with Crippen molar-refractivity contribution in [3.63, 3.8) is 0 Å². The zero-order valence-corrected chi connectivity index (χ0v) is 20.8. The van der Waals surface area contributed by atoms with E-state index < -0.39 is 0 Å². The smallest absolute Gasteiger partial charge is 0.227 e. The standard InChI is InChI=1S/C28H38N2O4/c1-19(2)17-33-25-11-7-5-9-23(25)29-27(31)21-13-15-22(16-14-21)28(32)30-24-10-6-8-12-26(24)34-18-20(3)4/h5-12,19-22H,13-18H2,1-4H3,(H,29,31)(H,30,32). The van der Waals surface area contributed by atoms with Gasteiger partial charge in [-0.15, -0.1) is 0 Å². The minimum Gasteiger partial charge on any atom is -0.491 e. The Kier molecular flexibility index (Phi) is 9.37. The maximum Gasteiger partial charge on any atom is 0.227 e. The maximum atomic E-state index is 12.9. The van der Waals surface area contributed by atoms with Crippen molar-refractivity contribution < 1.29 is 19.1 Å². The van der Waals surface area contributed by atoms with Gasteiger partial charge in [0, 0.05) is 11.8 Å². The number of ether oxygens (including phenoxy) is 2. The summed E-state index contributed by atoms with van der Waals surface area (Å²) in [6, 6.07) is 15.1. The van der Waals surface area contributed by atoms with E-state index in [1.807, 2.05) is 48.5 Å². The van der Waals surface area contributed by atoms with Crippen LogP contribution in [0, 0.1) is 23.7 Å². The fourth-order valence-electron chi connectivity index (χ4n) is 3.99. The third-order valence-electron chi connectivity index (χ3n) is 5.90. The average molecular weight is 467 g/mol. The third kappa shape index (κ3) is 7.51. The summed E-state index contributed by atoms with van der Waals surface area (Å²) < 4.78 is 11.7. The second-order valence-corrected chi connectivity index (χ2v) is 9.93. The van der Waals surface area contributed by atoms with Gasteiger partial charge in [0.1, 0.15) is 11.5 Å². The Morgan fingerprint density at radius 3 is 1.41 bits per heavy atom. The molecule has 2 amide bonds. The molecule has 0 radical (unpaired) electrons. The number of anilines is 2. The molecule has 1 aliphatic carbocycles. The molecule has 2 aromatic rings. The van der Waals surface area contributed by atoms with Crippen LogP contribution in [0.1, 0.15) is 53.4 Å². The lowest BCUT2D eigenvalue weighted by Gasteiger charge is -2.27. The van der Waals surface area contributed by atoms with Crippen LogP contribution in [0.2, 0.25) is 0 Å². The molecule has 0 atom stereocenters. The average Bonchev–Trinajstić information content (AvgIpc) is 2.83. The molecule has 0 aromatic heterocycles. The molecule has 1 saturated carbocycles. The van der Waals surface area contributed by atoms with Crippen LogP contribution < -0.4 is 20.1 Å². The fraction of sp³-hybridized carbons (Fsp3) is 0.500. The summed E-state index contributed by atoms with van der Waals surface area (Å²) in [7, 11) is 0. The molecular weight excluding hydrogens is 428 g/mol. The Hall–Kier alpha value is -3.02. The van der Waals surface area contributed by atoms with Crippen LogP contribution in [0.5, 0.6) is 11.5 Å². The number of amides is 2. The van der Waals surface area contributed by atoms with Gasteiger partial charge < -0.3 is 20.1 Å². The van der Waals surface area contributed by atoms with Crippen molar-refractivity contribution >= 4 is 23.2 Å². The maximum absolute atomic E-state index is 12.9. The monoisotopic (exact) mass is 466 g/mol. The van der Waals surface area contributed by atoms with Gasteiger partial charge in [-0.25, -0.2) is 0 Å². The minimum atomic E-state index is -0.108. The van der Waals surface area contributed by atoms with Crippen molar-refractivity contribution in [2.24, 2.45) is 23.7 Å². The molecule has 0 heterocycles. The molecule has 1 fully saturated rings. The van der Waals surface area contributed by atoms with Gasteiger partial charge in [-0.1, -0.05) is 52.0 Å². The van der Waals surface area contributed by atoms with Gasteiger partial charge in [-0.3, -0.25) is 9.59 Å². The highest BCUT2D eigenvalue weighted by atomic mass is 16.5. The molecule has 0 saturated heterocycles. The minimum absolute atomic E-state index is 0.00751. The number of carbonyl (C=O) groups excluding carboxylic acids is 2. The molecule has 0 aliphatic heterocycles. The first-order valence-electron chi connectivity index (χ1n) is 12.4. The third-order valence-corrected chi connectivity index (χ3v) is 5.90. The highest BCUT2D eigenvalue weighted by molar-refractivity contribution is 5.95. The SMILES string of the molecule is CC(C)COc1ccccc1NC(=O)C1CCC(C(=O)Nc2ccccc2OCC(C)C)CC1. The number of nitrogens with one attached hydrogen (secondary N) is 2. The fourth-order valence-corrected chi connectivity index (χ4v) is 3.99. The number of rotatable bonds is 10. The molecule has 2 aromatic carbocycles. The molecular formula is C28H38N2O4. The Labute approximate surface area is 203 Å². The largest absolute Gasteiger partial charge is 0.491 e. The molecule has 0 unspecified atom stereocenters. The topological polar surface area (TPSA) is 76.7 Å². The van der Waals surface area contributed by atoms with E-state index in [9.17, 15) is 9.59 Å². The van der Waals surface area contributed by atoms with Crippen LogP contribution in [0.25, 0.3) is 0 Å². The Bertz CT molecular complexity index is 871. The van der Waals surface area contributed by atoms with Crippen LogP contribution in [0.15, 0.2) is 48.5 Å². The highest BCUT2D eigenvalue weighted by Crippen LogP contribution is 2.33. The Morgan fingerprint density at radius 1 is 0.706 bits per heavy atom. The van der Waals surface area contributed by atoms with Crippen LogP contribution in [-0.4, -0.2) is 25.0 Å². The van der Waals surface area contributed by atoms with Crippen molar-refractivity contribution in [2.75, 3.05) is 23.8 Å². The van der Waals surface area contributed by atoms with Crippen molar-refractivity contribution in [2.45, 2.75) is 53.4 Å². The van der Waals surface area contributed by atoms with Gasteiger partial charge in [-0.2, -0.15) is 0 Å². The van der Waals surface area contributed by atoms with E-state index in [2.05, 4.69) is 38.3 Å². The first kappa shape index (κ1) is 25.6. The van der Waals surface area contributed by atoms with Gasteiger partial charge >= 0.3 is 0 Å². The summed E-state index contributed by atoms with van der Waals surface area (Å²) >= 11 is 0. The number of benzene rings is 2. The lowest BCUT2D eigenvalue weighted by atomic mass is 9.81. The van der Waals surface area contributed by atoms with Crippen molar-refractivity contribution in [1.82, 2.24) is 0 Å². The van der Waals surface area contributed by atoms with E-state index in [0.717, 1.165) is 0 Å². The Morgan fingerprint density at radius 2 is 1.06 bits per heavy atom. The molecule has 0 bridgehead atoms. The van der Waals surface area contributed by atoms with Crippen LogP contribution in [0.3, 0.4) is 0 Å². The second kappa shape index (κ2) is 12.4. The van der Waals surface area contributed by atoms with Crippen molar-refractivity contribution in [3.8, 4) is 11.5 Å². The molecule has 2 N–H and O–H groups in total. The highest BCUT2D eigenvalue weighted by Gasteiger charge is 2.30. The summed E-state index contributed by atoms with van der Waals surface area (Å²) in [5, 5.41) is 6.07. The summed E-state index contributed by atoms with van der Waals surface area (Å²) in [4.78, 5) is 25.8. The number of para-hydroxylation sites is 4. The van der Waals surface area contributed by atoms with E-state index in [1.54, 1.807) is 0 Å². The lowest BCUT2D eigenvalue weighted by Crippen LogP contribution is -2.32. The van der Waals surface area contributed by atoms with E-state index in [1.165, 1.54) is 0 Å². The zero-order valence-electron chi connectivity index (χ0n) is 20.8. The molecule has 6 nitrogen and oxygen atoms in total. The quantitative estimate of drug-likeness (QED) is 0.441. The van der Waals surface area contributed by atoms with Crippen molar-refractivity contribution in [3.05, 3.63) is 48.5 Å². The van der Waals surface area contributed by atoms with E-state index in [4.69, 9.17) is 9.47 Å². The second-order valence-electron chi connectivity index (χ2n) is 9.93. The van der Waals surface area contributed by atoms with Crippen LogP contribution >= 0.6 is 0 Å². The molecule has 184 valence electrons.